The third kappa shape index (κ3) is 6.99. The lowest BCUT2D eigenvalue weighted by molar-refractivity contribution is 0.267. The summed E-state index contributed by atoms with van der Waals surface area (Å²) in [4.78, 5) is 16.0. The second kappa shape index (κ2) is 12.2. The predicted octanol–water partition coefficient (Wildman–Crippen LogP) is 4.68. The number of ether oxygens (including phenoxy) is 1. The molecule has 0 fully saturated rings. The van der Waals surface area contributed by atoms with Gasteiger partial charge in [-0.3, -0.25) is 9.71 Å². The SMILES string of the molecule is CC(C)CNCC(C)CCOc1ccc(-c2nccc3cc(S(=O)(=O)Nc4ccncn4)ccc23)c(F)n1. The lowest BCUT2D eigenvalue weighted by Gasteiger charge is -2.14. The second-order valence-corrected chi connectivity index (χ2v) is 11.2. The Bertz CT molecular complexity index is 1490. The Balaban J connectivity index is 1.47. The van der Waals surface area contributed by atoms with E-state index >= 15 is 4.39 Å². The first-order valence-electron chi connectivity index (χ1n) is 12.4. The molecule has 0 amide bonds. The molecule has 3 heterocycles. The highest BCUT2D eigenvalue weighted by Crippen LogP contribution is 2.30. The van der Waals surface area contributed by atoms with E-state index < -0.39 is 16.0 Å². The molecule has 4 rings (SSSR count). The van der Waals surface area contributed by atoms with Crippen molar-refractivity contribution in [2.24, 2.45) is 11.8 Å². The zero-order chi connectivity index (χ0) is 27.1. The van der Waals surface area contributed by atoms with Gasteiger partial charge < -0.3 is 10.1 Å². The molecule has 0 spiro atoms. The van der Waals surface area contributed by atoms with Crippen LogP contribution in [0.2, 0.25) is 0 Å². The molecule has 1 atom stereocenters. The minimum absolute atomic E-state index is 0.0386. The first-order chi connectivity index (χ1) is 18.2. The van der Waals surface area contributed by atoms with Crippen molar-refractivity contribution in [3.63, 3.8) is 0 Å². The van der Waals surface area contributed by atoms with Crippen LogP contribution in [0, 0.1) is 17.8 Å². The minimum atomic E-state index is -3.89. The van der Waals surface area contributed by atoms with E-state index in [1.165, 1.54) is 36.9 Å². The van der Waals surface area contributed by atoms with Crippen LogP contribution >= 0.6 is 0 Å². The summed E-state index contributed by atoms with van der Waals surface area (Å²) in [6, 6.07) is 10.9. The van der Waals surface area contributed by atoms with Crippen LogP contribution in [-0.4, -0.2) is 48.1 Å². The van der Waals surface area contributed by atoms with Crippen LogP contribution in [0.25, 0.3) is 22.0 Å². The number of nitrogens with one attached hydrogen (secondary N) is 2. The molecular weight excluding hydrogens is 507 g/mol. The van der Waals surface area contributed by atoms with Gasteiger partial charge in [0.2, 0.25) is 11.8 Å². The number of aromatic nitrogens is 4. The quantitative estimate of drug-likeness (QED) is 0.250. The van der Waals surface area contributed by atoms with Crippen LogP contribution in [0.4, 0.5) is 10.2 Å². The molecule has 2 N–H and O–H groups in total. The summed E-state index contributed by atoms with van der Waals surface area (Å²) in [6.07, 6.45) is 5.01. The number of fused-ring (bicyclic) bond motifs is 1. The first-order valence-corrected chi connectivity index (χ1v) is 13.9. The number of rotatable bonds is 12. The van der Waals surface area contributed by atoms with Crippen molar-refractivity contribution < 1.29 is 17.5 Å². The van der Waals surface area contributed by atoms with Crippen molar-refractivity contribution >= 4 is 26.6 Å². The molecule has 0 bridgehead atoms. The highest BCUT2D eigenvalue weighted by atomic mass is 32.2. The lowest BCUT2D eigenvalue weighted by atomic mass is 10.1. The van der Waals surface area contributed by atoms with Crippen LogP contribution in [0.3, 0.4) is 0 Å². The lowest BCUT2D eigenvalue weighted by Crippen LogP contribution is -2.26. The molecule has 0 aliphatic carbocycles. The molecule has 11 heteroatoms. The molecule has 3 aromatic heterocycles. The molecule has 1 unspecified atom stereocenters. The number of halogens is 1. The molecular formula is C27H31FN6O3S. The van der Waals surface area contributed by atoms with Gasteiger partial charge >= 0.3 is 0 Å². The molecule has 0 aliphatic heterocycles. The zero-order valence-corrected chi connectivity index (χ0v) is 22.4. The van der Waals surface area contributed by atoms with Gasteiger partial charge in [0.05, 0.1) is 22.8 Å². The average molecular weight is 539 g/mol. The van der Waals surface area contributed by atoms with Crippen molar-refractivity contribution in [2.75, 3.05) is 24.4 Å². The van der Waals surface area contributed by atoms with Gasteiger partial charge in [-0.15, -0.1) is 0 Å². The summed E-state index contributed by atoms with van der Waals surface area (Å²) in [5.74, 6) is 0.669. The largest absolute Gasteiger partial charge is 0.478 e. The summed E-state index contributed by atoms with van der Waals surface area (Å²) in [5, 5.41) is 4.60. The Morgan fingerprint density at radius 1 is 1.00 bits per heavy atom. The molecule has 9 nitrogen and oxygen atoms in total. The average Bonchev–Trinajstić information content (AvgIpc) is 2.88. The van der Waals surface area contributed by atoms with Crippen molar-refractivity contribution in [1.29, 1.82) is 0 Å². The number of hydrogen-bond acceptors (Lipinski definition) is 8. The first kappa shape index (κ1) is 27.3. The van der Waals surface area contributed by atoms with Crippen molar-refractivity contribution in [2.45, 2.75) is 32.1 Å². The summed E-state index contributed by atoms with van der Waals surface area (Å²) < 4.78 is 48.8. The van der Waals surface area contributed by atoms with Crippen LogP contribution in [0.15, 0.2) is 66.1 Å². The van der Waals surface area contributed by atoms with E-state index in [-0.39, 0.29) is 22.2 Å². The normalized spacial score (nSPS) is 12.6. The summed E-state index contributed by atoms with van der Waals surface area (Å²) in [7, 11) is -3.89. The Morgan fingerprint density at radius 2 is 1.84 bits per heavy atom. The topological polar surface area (TPSA) is 119 Å². The Hall–Kier alpha value is -3.70. The fourth-order valence-electron chi connectivity index (χ4n) is 3.85. The summed E-state index contributed by atoms with van der Waals surface area (Å²) >= 11 is 0. The number of nitrogens with zero attached hydrogens (tertiary/aromatic N) is 4. The highest BCUT2D eigenvalue weighted by molar-refractivity contribution is 7.92. The number of sulfonamides is 1. The predicted molar refractivity (Wildman–Crippen MR) is 145 cm³/mol. The maximum absolute atomic E-state index is 15.0. The monoisotopic (exact) mass is 538 g/mol. The maximum Gasteiger partial charge on any atom is 0.263 e. The van der Waals surface area contributed by atoms with Gasteiger partial charge in [-0.1, -0.05) is 26.8 Å². The Kier molecular flexibility index (Phi) is 8.80. The molecule has 0 radical (unpaired) electrons. The zero-order valence-electron chi connectivity index (χ0n) is 21.6. The summed E-state index contributed by atoms with van der Waals surface area (Å²) in [6.45, 7) is 8.78. The van der Waals surface area contributed by atoms with E-state index in [2.05, 4.69) is 50.7 Å². The van der Waals surface area contributed by atoms with Crippen molar-refractivity contribution in [3.8, 4) is 17.1 Å². The number of pyridine rings is 2. The summed E-state index contributed by atoms with van der Waals surface area (Å²) in [5.41, 5.74) is 0.556. The van der Waals surface area contributed by atoms with Gasteiger partial charge in [0.1, 0.15) is 12.1 Å². The van der Waals surface area contributed by atoms with Crippen LogP contribution in [0.5, 0.6) is 5.88 Å². The standard InChI is InChI=1S/C27H31FN6O3S/c1-18(2)15-30-16-19(3)10-13-37-25-7-6-23(27(28)33-25)26-22-5-4-21(14-20(22)8-12-31-26)38(35,36)34-24-9-11-29-17-32-24/h4-9,11-12,14,17-19,30H,10,13,15-16H2,1-3H3,(H,29,32,34). The molecule has 1 aromatic carbocycles. The van der Waals surface area contributed by atoms with E-state index in [1.807, 2.05) is 0 Å². The molecule has 0 saturated heterocycles. The molecule has 200 valence electrons. The highest BCUT2D eigenvalue weighted by Gasteiger charge is 2.18. The molecule has 0 aliphatic rings. The van der Waals surface area contributed by atoms with E-state index in [1.54, 1.807) is 24.3 Å². The minimum Gasteiger partial charge on any atom is -0.478 e. The van der Waals surface area contributed by atoms with E-state index in [0.717, 1.165) is 19.5 Å². The van der Waals surface area contributed by atoms with Crippen LogP contribution < -0.4 is 14.8 Å². The number of anilines is 1. The van der Waals surface area contributed by atoms with Gasteiger partial charge in [0.25, 0.3) is 10.0 Å². The maximum atomic E-state index is 15.0. The van der Waals surface area contributed by atoms with Crippen molar-refractivity contribution in [1.82, 2.24) is 25.3 Å². The third-order valence-electron chi connectivity index (χ3n) is 5.85. The second-order valence-electron chi connectivity index (χ2n) is 9.52. The number of benzene rings is 1. The molecule has 38 heavy (non-hydrogen) atoms. The van der Waals surface area contributed by atoms with Gasteiger partial charge in [0, 0.05) is 23.8 Å². The van der Waals surface area contributed by atoms with Crippen molar-refractivity contribution in [3.05, 3.63) is 67.1 Å². The Morgan fingerprint density at radius 3 is 2.58 bits per heavy atom. The third-order valence-corrected chi connectivity index (χ3v) is 7.20. The molecule has 4 aromatic rings. The van der Waals surface area contributed by atoms with Gasteiger partial charge in [-0.05, 0) is 67.1 Å². The van der Waals surface area contributed by atoms with E-state index in [0.29, 0.717) is 34.9 Å². The number of hydrogen-bond donors (Lipinski definition) is 2. The fraction of sp³-hybridized carbons (Fsp3) is 0.333. The van der Waals surface area contributed by atoms with E-state index in [4.69, 9.17) is 4.74 Å². The molecule has 0 saturated carbocycles. The van der Waals surface area contributed by atoms with E-state index in [9.17, 15) is 8.42 Å². The van der Waals surface area contributed by atoms with Gasteiger partial charge in [-0.2, -0.15) is 9.37 Å². The van der Waals surface area contributed by atoms with Crippen LogP contribution in [0.1, 0.15) is 27.2 Å². The Labute approximate surface area is 222 Å². The van der Waals surface area contributed by atoms with Gasteiger partial charge in [-0.25, -0.2) is 18.4 Å². The smallest absolute Gasteiger partial charge is 0.263 e. The van der Waals surface area contributed by atoms with Gasteiger partial charge in [0.15, 0.2) is 0 Å². The fourth-order valence-corrected chi connectivity index (χ4v) is 4.89. The van der Waals surface area contributed by atoms with Crippen LogP contribution in [-0.2, 0) is 10.0 Å².